The molecule has 26 heavy (non-hydrogen) atoms. The number of amides is 2. The molecule has 5 nitrogen and oxygen atoms in total. The molecule has 2 aromatic carbocycles. The van der Waals surface area contributed by atoms with Crippen LogP contribution in [0.2, 0.25) is 0 Å². The average molecular weight is 352 g/mol. The molecule has 1 aliphatic rings. The lowest BCUT2D eigenvalue weighted by Crippen LogP contribution is -2.33. The quantitative estimate of drug-likeness (QED) is 0.780. The first-order valence-electron chi connectivity index (χ1n) is 8.93. The normalized spacial score (nSPS) is 16.6. The van der Waals surface area contributed by atoms with Crippen LogP contribution in [0.3, 0.4) is 0 Å². The van der Waals surface area contributed by atoms with E-state index in [0.717, 1.165) is 24.3 Å². The summed E-state index contributed by atoms with van der Waals surface area (Å²) in [4.78, 5) is 26.3. The summed E-state index contributed by atoms with van der Waals surface area (Å²) < 4.78 is 5.14. The molecule has 1 fully saturated rings. The molecule has 2 amide bonds. The largest absolute Gasteiger partial charge is 0.497 e. The Labute approximate surface area is 154 Å². The van der Waals surface area contributed by atoms with Gasteiger partial charge in [0.25, 0.3) is 0 Å². The lowest BCUT2D eigenvalue weighted by atomic mass is 10.1. The van der Waals surface area contributed by atoms with Crippen molar-refractivity contribution in [1.82, 2.24) is 5.32 Å². The third-order valence-corrected chi connectivity index (χ3v) is 4.66. The minimum Gasteiger partial charge on any atom is -0.497 e. The van der Waals surface area contributed by atoms with Gasteiger partial charge in [0.15, 0.2) is 0 Å². The average Bonchev–Trinajstić information content (AvgIpc) is 3.08. The molecule has 1 saturated heterocycles. The second-order valence-electron chi connectivity index (χ2n) is 6.48. The predicted octanol–water partition coefficient (Wildman–Crippen LogP) is 2.80. The number of rotatable bonds is 7. The Morgan fingerprint density at radius 2 is 1.88 bits per heavy atom. The van der Waals surface area contributed by atoms with E-state index in [9.17, 15) is 9.59 Å². The van der Waals surface area contributed by atoms with E-state index in [-0.39, 0.29) is 24.2 Å². The van der Waals surface area contributed by atoms with Crippen LogP contribution in [0.1, 0.15) is 18.4 Å². The first kappa shape index (κ1) is 18.0. The number of benzene rings is 2. The molecule has 5 heteroatoms. The van der Waals surface area contributed by atoms with E-state index in [1.54, 1.807) is 12.0 Å². The van der Waals surface area contributed by atoms with Crippen LogP contribution in [0.15, 0.2) is 54.6 Å². The highest BCUT2D eigenvalue weighted by molar-refractivity contribution is 6.00. The number of carbonyl (C=O) groups excluding carboxylic acids is 2. The Kier molecular flexibility index (Phi) is 5.89. The van der Waals surface area contributed by atoms with E-state index in [2.05, 4.69) is 17.4 Å². The van der Waals surface area contributed by atoms with E-state index < -0.39 is 0 Å². The van der Waals surface area contributed by atoms with Crippen LogP contribution in [0.5, 0.6) is 5.75 Å². The molecule has 3 rings (SSSR count). The number of carbonyl (C=O) groups is 2. The van der Waals surface area contributed by atoms with Gasteiger partial charge >= 0.3 is 0 Å². The Morgan fingerprint density at radius 3 is 2.58 bits per heavy atom. The highest BCUT2D eigenvalue weighted by Gasteiger charge is 2.34. The molecular formula is C21H24N2O3. The van der Waals surface area contributed by atoms with Gasteiger partial charge in [0.1, 0.15) is 5.75 Å². The van der Waals surface area contributed by atoms with E-state index >= 15 is 0 Å². The lowest BCUT2D eigenvalue weighted by molar-refractivity contribution is -0.126. The molecule has 0 saturated carbocycles. The molecule has 2 aromatic rings. The summed E-state index contributed by atoms with van der Waals surface area (Å²) in [6.07, 6.45) is 2.08. The lowest BCUT2D eigenvalue weighted by Gasteiger charge is -2.17. The number of nitrogens with zero attached hydrogens (tertiary/aromatic N) is 1. The number of hydrogen-bond donors (Lipinski definition) is 1. The van der Waals surface area contributed by atoms with Crippen LogP contribution in [0.25, 0.3) is 0 Å². The van der Waals surface area contributed by atoms with Gasteiger partial charge in [0, 0.05) is 25.2 Å². The van der Waals surface area contributed by atoms with E-state index in [1.165, 1.54) is 5.56 Å². The molecule has 1 heterocycles. The van der Waals surface area contributed by atoms with Crippen LogP contribution in [-0.2, 0) is 16.0 Å². The summed E-state index contributed by atoms with van der Waals surface area (Å²) >= 11 is 0. The van der Waals surface area contributed by atoms with Gasteiger partial charge < -0.3 is 15.0 Å². The van der Waals surface area contributed by atoms with E-state index in [1.807, 2.05) is 42.5 Å². The van der Waals surface area contributed by atoms with Gasteiger partial charge in [-0.25, -0.2) is 0 Å². The number of aryl methyl sites for hydroxylation is 1. The van der Waals surface area contributed by atoms with Gasteiger partial charge in [-0.1, -0.05) is 30.3 Å². The van der Waals surface area contributed by atoms with Crippen LogP contribution < -0.4 is 15.0 Å². The fraction of sp³-hybridized carbons (Fsp3) is 0.333. The zero-order valence-corrected chi connectivity index (χ0v) is 15.0. The van der Waals surface area contributed by atoms with Crippen molar-refractivity contribution in [2.24, 2.45) is 5.92 Å². The fourth-order valence-corrected chi connectivity index (χ4v) is 3.19. The molecule has 1 N–H and O–H groups in total. The third kappa shape index (κ3) is 4.42. The number of hydrogen-bond acceptors (Lipinski definition) is 3. The molecule has 0 spiro atoms. The van der Waals surface area contributed by atoms with Crippen LogP contribution in [0, 0.1) is 5.92 Å². The first-order valence-corrected chi connectivity index (χ1v) is 8.93. The smallest absolute Gasteiger partial charge is 0.227 e. The van der Waals surface area contributed by atoms with Gasteiger partial charge in [0.2, 0.25) is 11.8 Å². The molecule has 0 aliphatic carbocycles. The predicted molar refractivity (Wildman–Crippen MR) is 101 cm³/mol. The third-order valence-electron chi connectivity index (χ3n) is 4.66. The minimum absolute atomic E-state index is 0.0143. The zero-order valence-electron chi connectivity index (χ0n) is 15.0. The van der Waals surface area contributed by atoms with Crippen LogP contribution in [0.4, 0.5) is 5.69 Å². The van der Waals surface area contributed by atoms with Gasteiger partial charge in [0.05, 0.1) is 13.0 Å². The topological polar surface area (TPSA) is 58.6 Å². The molecule has 1 atom stereocenters. The van der Waals surface area contributed by atoms with Gasteiger partial charge in [-0.2, -0.15) is 0 Å². The maximum absolute atomic E-state index is 12.4. The van der Waals surface area contributed by atoms with Crippen molar-refractivity contribution in [3.05, 3.63) is 60.2 Å². The SMILES string of the molecule is COc1ccc(N2CC(C(=O)NCCCc3ccccc3)CC2=O)cc1. The highest BCUT2D eigenvalue weighted by atomic mass is 16.5. The van der Waals surface area contributed by atoms with Gasteiger partial charge in [-0.15, -0.1) is 0 Å². The second-order valence-corrected chi connectivity index (χ2v) is 6.48. The van der Waals surface area contributed by atoms with Crippen molar-refractivity contribution in [3.63, 3.8) is 0 Å². The maximum Gasteiger partial charge on any atom is 0.227 e. The summed E-state index contributed by atoms with van der Waals surface area (Å²) in [7, 11) is 1.61. The van der Waals surface area contributed by atoms with Gasteiger partial charge in [-0.05, 0) is 42.7 Å². The Hall–Kier alpha value is -2.82. The van der Waals surface area contributed by atoms with E-state index in [4.69, 9.17) is 4.74 Å². The van der Waals surface area contributed by atoms with Crippen molar-refractivity contribution < 1.29 is 14.3 Å². The van der Waals surface area contributed by atoms with Crippen LogP contribution >= 0.6 is 0 Å². The monoisotopic (exact) mass is 352 g/mol. The zero-order chi connectivity index (χ0) is 18.4. The molecular weight excluding hydrogens is 328 g/mol. The summed E-state index contributed by atoms with van der Waals surface area (Å²) in [5, 5.41) is 2.97. The molecule has 0 radical (unpaired) electrons. The Balaban J connectivity index is 1.47. The minimum atomic E-state index is -0.290. The summed E-state index contributed by atoms with van der Waals surface area (Å²) in [6, 6.07) is 17.5. The molecule has 1 unspecified atom stereocenters. The highest BCUT2D eigenvalue weighted by Crippen LogP contribution is 2.26. The molecule has 0 aromatic heterocycles. The number of methoxy groups -OCH3 is 1. The summed E-state index contributed by atoms with van der Waals surface area (Å²) in [6.45, 7) is 1.05. The molecule has 136 valence electrons. The Morgan fingerprint density at radius 1 is 1.15 bits per heavy atom. The van der Waals surface area contributed by atoms with Crippen molar-refractivity contribution in [1.29, 1.82) is 0 Å². The fourth-order valence-electron chi connectivity index (χ4n) is 3.19. The summed E-state index contributed by atoms with van der Waals surface area (Å²) in [5.41, 5.74) is 2.07. The van der Waals surface area contributed by atoms with Crippen molar-refractivity contribution in [3.8, 4) is 5.75 Å². The maximum atomic E-state index is 12.4. The second kappa shape index (κ2) is 8.52. The standard InChI is InChI=1S/C21H24N2O3/c1-26-19-11-9-18(10-12-19)23-15-17(14-20(23)24)21(25)22-13-5-8-16-6-3-2-4-7-16/h2-4,6-7,9-12,17H,5,8,13-15H2,1H3,(H,22,25). The van der Waals surface area contributed by atoms with Gasteiger partial charge in [-0.3, -0.25) is 9.59 Å². The first-order chi connectivity index (χ1) is 12.7. The number of ether oxygens (including phenoxy) is 1. The van der Waals surface area contributed by atoms with Crippen molar-refractivity contribution in [2.75, 3.05) is 25.1 Å². The van der Waals surface area contributed by atoms with Crippen LogP contribution in [-0.4, -0.2) is 32.0 Å². The molecule has 0 bridgehead atoms. The molecule has 1 aliphatic heterocycles. The van der Waals surface area contributed by atoms with Crippen molar-refractivity contribution in [2.45, 2.75) is 19.3 Å². The summed E-state index contributed by atoms with van der Waals surface area (Å²) in [5.74, 6) is 0.399. The number of anilines is 1. The van der Waals surface area contributed by atoms with E-state index in [0.29, 0.717) is 13.1 Å². The number of nitrogens with one attached hydrogen (secondary N) is 1. The Bertz CT molecular complexity index is 744. The van der Waals surface area contributed by atoms with Crippen molar-refractivity contribution >= 4 is 17.5 Å².